The summed E-state index contributed by atoms with van der Waals surface area (Å²) in [5, 5.41) is 0. The van der Waals surface area contributed by atoms with Crippen molar-refractivity contribution in [3.63, 3.8) is 0 Å². The molecule has 0 aromatic carbocycles. The van der Waals surface area contributed by atoms with Crippen LogP contribution in [0, 0.1) is 12.8 Å². The number of furan rings is 1. The minimum atomic E-state index is 0.675. The average Bonchev–Trinajstić information content (AvgIpc) is 3.20. The van der Waals surface area contributed by atoms with Crippen molar-refractivity contribution >= 4 is 0 Å². The number of hydrogen-bond donors (Lipinski definition) is 0. The first-order valence-corrected chi connectivity index (χ1v) is 8.95. The van der Waals surface area contributed by atoms with Gasteiger partial charge in [-0.3, -0.25) is 9.80 Å². The summed E-state index contributed by atoms with van der Waals surface area (Å²) in [5.41, 5.74) is 0. The Bertz CT molecular complexity index is 451. The van der Waals surface area contributed by atoms with Gasteiger partial charge < -0.3 is 13.9 Å². The van der Waals surface area contributed by atoms with E-state index < -0.39 is 0 Å². The normalized spacial score (nSPS) is 23.0. The number of aryl methyl sites for hydroxylation is 1. The topological polar surface area (TPSA) is 38.1 Å². The van der Waals surface area contributed by atoms with E-state index in [1.165, 1.54) is 12.8 Å². The van der Waals surface area contributed by atoms with Gasteiger partial charge in [-0.15, -0.1) is 0 Å². The highest BCUT2D eigenvalue weighted by Crippen LogP contribution is 2.17. The largest absolute Gasteiger partial charge is 0.465 e. The molecule has 1 aromatic rings. The summed E-state index contributed by atoms with van der Waals surface area (Å²) >= 11 is 0. The van der Waals surface area contributed by atoms with E-state index in [0.29, 0.717) is 5.92 Å². The average molecular weight is 322 g/mol. The second-order valence-electron chi connectivity index (χ2n) is 6.78. The van der Waals surface area contributed by atoms with Crippen molar-refractivity contribution < 1.29 is 13.9 Å². The highest BCUT2D eigenvalue weighted by molar-refractivity contribution is 5.05. The zero-order chi connectivity index (χ0) is 15.9. The third-order valence-corrected chi connectivity index (χ3v) is 4.77. The first kappa shape index (κ1) is 17.0. The summed E-state index contributed by atoms with van der Waals surface area (Å²) in [6, 6.07) is 4.16. The van der Waals surface area contributed by atoms with Crippen LogP contribution in [-0.2, 0) is 16.0 Å². The van der Waals surface area contributed by atoms with E-state index in [1.807, 2.05) is 6.92 Å². The Hall–Kier alpha value is -0.880. The van der Waals surface area contributed by atoms with Gasteiger partial charge in [0.05, 0.1) is 26.4 Å². The Balaban J connectivity index is 1.46. The van der Waals surface area contributed by atoms with E-state index >= 15 is 0 Å². The van der Waals surface area contributed by atoms with Crippen molar-refractivity contribution in [3.8, 4) is 0 Å². The molecule has 5 nitrogen and oxygen atoms in total. The predicted molar refractivity (Wildman–Crippen MR) is 89.5 cm³/mol. The molecule has 3 heterocycles. The van der Waals surface area contributed by atoms with E-state index in [0.717, 1.165) is 77.2 Å². The van der Waals surface area contributed by atoms with Gasteiger partial charge in [-0.05, 0) is 50.9 Å². The van der Waals surface area contributed by atoms with E-state index in [9.17, 15) is 0 Å². The van der Waals surface area contributed by atoms with Gasteiger partial charge in [0, 0.05) is 26.2 Å². The predicted octanol–water partition coefficient (Wildman–Crippen LogP) is 2.15. The van der Waals surface area contributed by atoms with E-state index in [-0.39, 0.29) is 0 Å². The quantitative estimate of drug-likeness (QED) is 0.733. The molecule has 0 radical (unpaired) electrons. The summed E-state index contributed by atoms with van der Waals surface area (Å²) in [5.74, 6) is 2.75. The monoisotopic (exact) mass is 322 g/mol. The van der Waals surface area contributed by atoms with Crippen molar-refractivity contribution in [2.45, 2.75) is 26.3 Å². The second kappa shape index (κ2) is 8.83. The minimum absolute atomic E-state index is 0.675. The van der Waals surface area contributed by atoms with Crippen LogP contribution in [0.15, 0.2) is 16.5 Å². The molecule has 23 heavy (non-hydrogen) atoms. The molecule has 0 amide bonds. The molecule has 5 heteroatoms. The van der Waals surface area contributed by atoms with Gasteiger partial charge in [0.15, 0.2) is 0 Å². The zero-order valence-corrected chi connectivity index (χ0v) is 14.3. The summed E-state index contributed by atoms with van der Waals surface area (Å²) in [4.78, 5) is 5.05. The summed E-state index contributed by atoms with van der Waals surface area (Å²) in [6.45, 7) is 12.1. The third kappa shape index (κ3) is 5.60. The molecule has 1 aromatic heterocycles. The fourth-order valence-corrected chi connectivity index (χ4v) is 3.46. The molecule has 2 saturated heterocycles. The molecule has 2 aliphatic rings. The molecular formula is C18H30N2O3. The summed E-state index contributed by atoms with van der Waals surface area (Å²) in [7, 11) is 0. The highest BCUT2D eigenvalue weighted by Gasteiger charge is 2.20. The number of ether oxygens (including phenoxy) is 2. The Morgan fingerprint density at radius 2 is 2.04 bits per heavy atom. The summed E-state index contributed by atoms with van der Waals surface area (Å²) in [6.07, 6.45) is 2.39. The molecule has 0 unspecified atom stereocenters. The Morgan fingerprint density at radius 3 is 2.74 bits per heavy atom. The van der Waals surface area contributed by atoms with E-state index in [2.05, 4.69) is 21.9 Å². The van der Waals surface area contributed by atoms with Crippen molar-refractivity contribution in [2.75, 3.05) is 59.2 Å². The maximum absolute atomic E-state index is 5.77. The van der Waals surface area contributed by atoms with Crippen LogP contribution in [0.1, 0.15) is 24.4 Å². The Morgan fingerprint density at radius 1 is 1.17 bits per heavy atom. The fraction of sp³-hybridized carbons (Fsp3) is 0.778. The van der Waals surface area contributed by atoms with Gasteiger partial charge in [0.2, 0.25) is 0 Å². The molecule has 2 fully saturated rings. The SMILES string of the molecule is Cc1ccc(CN(CCCN2CCOCC2)C[C@@H]2CCOC2)o1. The lowest BCUT2D eigenvalue weighted by Crippen LogP contribution is -2.38. The maximum atomic E-state index is 5.77. The molecule has 0 N–H and O–H groups in total. The Kier molecular flexibility index (Phi) is 6.51. The molecule has 1 atom stereocenters. The van der Waals surface area contributed by atoms with Crippen molar-refractivity contribution in [3.05, 3.63) is 23.7 Å². The van der Waals surface area contributed by atoms with Crippen LogP contribution in [0.5, 0.6) is 0 Å². The van der Waals surface area contributed by atoms with Crippen LogP contribution in [0.3, 0.4) is 0 Å². The number of rotatable bonds is 8. The van der Waals surface area contributed by atoms with Crippen LogP contribution in [0.2, 0.25) is 0 Å². The van der Waals surface area contributed by atoms with Gasteiger partial charge in [0.1, 0.15) is 11.5 Å². The van der Waals surface area contributed by atoms with Gasteiger partial charge in [-0.1, -0.05) is 0 Å². The molecule has 0 saturated carbocycles. The first-order chi connectivity index (χ1) is 11.3. The molecule has 0 spiro atoms. The molecular weight excluding hydrogens is 292 g/mol. The smallest absolute Gasteiger partial charge is 0.118 e. The third-order valence-electron chi connectivity index (χ3n) is 4.77. The van der Waals surface area contributed by atoms with E-state index in [1.54, 1.807) is 0 Å². The van der Waals surface area contributed by atoms with Crippen molar-refractivity contribution in [1.29, 1.82) is 0 Å². The van der Waals surface area contributed by atoms with Gasteiger partial charge in [-0.25, -0.2) is 0 Å². The maximum Gasteiger partial charge on any atom is 0.118 e. The number of hydrogen-bond acceptors (Lipinski definition) is 5. The number of nitrogens with zero attached hydrogens (tertiary/aromatic N) is 2. The van der Waals surface area contributed by atoms with Crippen LogP contribution in [0.4, 0.5) is 0 Å². The van der Waals surface area contributed by atoms with Gasteiger partial charge in [-0.2, -0.15) is 0 Å². The zero-order valence-electron chi connectivity index (χ0n) is 14.3. The lowest BCUT2D eigenvalue weighted by molar-refractivity contribution is 0.0356. The molecule has 130 valence electrons. The number of morpholine rings is 1. The van der Waals surface area contributed by atoms with E-state index in [4.69, 9.17) is 13.9 Å². The standard InChI is InChI=1S/C18H30N2O3/c1-16-3-4-18(23-16)14-20(13-17-5-10-22-15-17)7-2-6-19-8-11-21-12-9-19/h3-4,17H,2,5-15H2,1H3/t17-/m0/s1. The molecule has 3 rings (SSSR count). The highest BCUT2D eigenvalue weighted by atomic mass is 16.5. The lowest BCUT2D eigenvalue weighted by atomic mass is 10.1. The molecule has 2 aliphatic heterocycles. The van der Waals surface area contributed by atoms with Crippen LogP contribution >= 0.6 is 0 Å². The van der Waals surface area contributed by atoms with Gasteiger partial charge in [0.25, 0.3) is 0 Å². The summed E-state index contributed by atoms with van der Waals surface area (Å²) < 4.78 is 16.7. The van der Waals surface area contributed by atoms with Crippen molar-refractivity contribution in [1.82, 2.24) is 9.80 Å². The van der Waals surface area contributed by atoms with Crippen molar-refractivity contribution in [2.24, 2.45) is 5.92 Å². The van der Waals surface area contributed by atoms with Crippen LogP contribution in [0.25, 0.3) is 0 Å². The first-order valence-electron chi connectivity index (χ1n) is 8.95. The minimum Gasteiger partial charge on any atom is -0.465 e. The lowest BCUT2D eigenvalue weighted by Gasteiger charge is -2.28. The second-order valence-corrected chi connectivity index (χ2v) is 6.78. The molecule has 0 aliphatic carbocycles. The fourth-order valence-electron chi connectivity index (χ4n) is 3.46. The Labute approximate surface area is 139 Å². The van der Waals surface area contributed by atoms with Crippen LogP contribution in [-0.4, -0.2) is 69.0 Å². The van der Waals surface area contributed by atoms with Gasteiger partial charge >= 0.3 is 0 Å². The molecule has 0 bridgehead atoms. The van der Waals surface area contributed by atoms with Crippen LogP contribution < -0.4 is 0 Å².